The lowest BCUT2D eigenvalue weighted by atomic mass is 9.97. The monoisotopic (exact) mass is 363 g/mol. The Balaban J connectivity index is 1.58. The number of piperazine rings is 1. The summed E-state index contributed by atoms with van der Waals surface area (Å²) in [5.41, 5.74) is 1.03. The Morgan fingerprint density at radius 1 is 1.15 bits per heavy atom. The van der Waals surface area contributed by atoms with Crippen molar-refractivity contribution in [2.75, 3.05) is 39.3 Å². The number of aliphatic hydroxyl groups excluding tert-OH is 1. The van der Waals surface area contributed by atoms with Crippen molar-refractivity contribution < 1.29 is 9.50 Å². The highest BCUT2D eigenvalue weighted by atomic mass is 19.1. The summed E-state index contributed by atoms with van der Waals surface area (Å²) in [5, 5.41) is 9.56. The summed E-state index contributed by atoms with van der Waals surface area (Å²) in [5.74, 6) is -0.162. The zero-order valence-electron chi connectivity index (χ0n) is 16.3. The van der Waals surface area contributed by atoms with Crippen LogP contribution in [0.2, 0.25) is 0 Å². The van der Waals surface area contributed by atoms with E-state index in [4.69, 9.17) is 0 Å². The molecule has 1 N–H and O–H groups in total. The molecule has 2 heterocycles. The summed E-state index contributed by atoms with van der Waals surface area (Å²) >= 11 is 0. The van der Waals surface area contributed by atoms with Crippen molar-refractivity contribution in [3.63, 3.8) is 0 Å². The van der Waals surface area contributed by atoms with Gasteiger partial charge in [0.1, 0.15) is 5.82 Å². The third kappa shape index (κ3) is 5.03. The molecule has 0 bridgehead atoms. The lowest BCUT2D eigenvalue weighted by Crippen LogP contribution is -2.58. The molecule has 3 rings (SSSR count). The van der Waals surface area contributed by atoms with Gasteiger partial charge in [-0.25, -0.2) is 4.39 Å². The fraction of sp³-hybridized carbons (Fsp3) is 0.714. The Labute approximate surface area is 157 Å². The van der Waals surface area contributed by atoms with Gasteiger partial charge in [-0.15, -0.1) is 0 Å². The average molecular weight is 364 g/mol. The molecular formula is C21H34FN3O. The molecule has 1 aromatic carbocycles. The molecule has 2 aliphatic heterocycles. The van der Waals surface area contributed by atoms with Crippen LogP contribution in [-0.2, 0) is 6.54 Å². The molecule has 2 aliphatic rings. The zero-order valence-corrected chi connectivity index (χ0v) is 16.3. The third-order valence-electron chi connectivity index (χ3n) is 6.07. The summed E-state index contributed by atoms with van der Waals surface area (Å²) in [7, 11) is 0. The van der Waals surface area contributed by atoms with Crippen LogP contribution in [0.3, 0.4) is 0 Å². The largest absolute Gasteiger partial charge is 0.396 e. The van der Waals surface area contributed by atoms with E-state index in [-0.39, 0.29) is 12.4 Å². The molecule has 5 heteroatoms. The maximum Gasteiger partial charge on any atom is 0.123 e. The SMILES string of the molecule is CC(C)N1CCC(N2CCN(Cc3cccc(F)c3)C[C@H]2CCO)CC1. The number of aliphatic hydroxyl groups is 1. The Morgan fingerprint density at radius 3 is 2.58 bits per heavy atom. The van der Waals surface area contributed by atoms with Gasteiger partial charge in [-0.05, 0) is 63.9 Å². The number of likely N-dealkylation sites (tertiary alicyclic amines) is 1. The second kappa shape index (κ2) is 9.27. The molecule has 146 valence electrons. The minimum absolute atomic E-state index is 0.162. The molecule has 1 atom stereocenters. The van der Waals surface area contributed by atoms with Crippen LogP contribution in [0, 0.1) is 5.82 Å². The van der Waals surface area contributed by atoms with Gasteiger partial charge < -0.3 is 10.0 Å². The second-order valence-electron chi connectivity index (χ2n) is 8.13. The topological polar surface area (TPSA) is 30.0 Å². The predicted molar refractivity (Wildman–Crippen MR) is 104 cm³/mol. The first-order valence-electron chi connectivity index (χ1n) is 10.1. The van der Waals surface area contributed by atoms with E-state index in [1.165, 1.54) is 32.0 Å². The summed E-state index contributed by atoms with van der Waals surface area (Å²) in [4.78, 5) is 7.63. The smallest absolute Gasteiger partial charge is 0.123 e. The van der Waals surface area contributed by atoms with Gasteiger partial charge >= 0.3 is 0 Å². The highest BCUT2D eigenvalue weighted by Gasteiger charge is 2.33. The van der Waals surface area contributed by atoms with Gasteiger partial charge in [0.2, 0.25) is 0 Å². The van der Waals surface area contributed by atoms with Gasteiger partial charge in [0, 0.05) is 50.9 Å². The predicted octanol–water partition coefficient (Wildman–Crippen LogP) is 2.57. The van der Waals surface area contributed by atoms with E-state index in [9.17, 15) is 9.50 Å². The normalized spacial score (nSPS) is 24.4. The van der Waals surface area contributed by atoms with Crippen molar-refractivity contribution in [1.29, 1.82) is 0 Å². The number of benzene rings is 1. The molecule has 0 aromatic heterocycles. The molecule has 4 nitrogen and oxygen atoms in total. The summed E-state index contributed by atoms with van der Waals surface area (Å²) in [6.45, 7) is 11.0. The van der Waals surface area contributed by atoms with Gasteiger partial charge in [0.05, 0.1) is 0 Å². The van der Waals surface area contributed by atoms with E-state index in [1.807, 2.05) is 6.07 Å². The van der Waals surface area contributed by atoms with E-state index in [0.717, 1.165) is 38.2 Å². The molecule has 0 spiro atoms. The molecule has 0 saturated carbocycles. The molecule has 0 radical (unpaired) electrons. The van der Waals surface area contributed by atoms with Crippen LogP contribution in [0.4, 0.5) is 4.39 Å². The number of rotatable bonds is 6. The minimum atomic E-state index is -0.162. The lowest BCUT2D eigenvalue weighted by Gasteiger charge is -2.48. The van der Waals surface area contributed by atoms with Crippen LogP contribution in [0.1, 0.15) is 38.7 Å². The highest BCUT2D eigenvalue weighted by molar-refractivity contribution is 5.16. The van der Waals surface area contributed by atoms with Crippen LogP contribution >= 0.6 is 0 Å². The summed E-state index contributed by atoms with van der Waals surface area (Å²) in [6.07, 6.45) is 3.28. The van der Waals surface area contributed by atoms with E-state index >= 15 is 0 Å². The van der Waals surface area contributed by atoms with Crippen molar-refractivity contribution in [2.45, 2.75) is 57.8 Å². The Morgan fingerprint density at radius 2 is 1.92 bits per heavy atom. The molecule has 0 unspecified atom stereocenters. The molecule has 2 fully saturated rings. The van der Waals surface area contributed by atoms with Crippen molar-refractivity contribution in [3.8, 4) is 0 Å². The highest BCUT2D eigenvalue weighted by Crippen LogP contribution is 2.25. The van der Waals surface area contributed by atoms with E-state index in [2.05, 4.69) is 28.5 Å². The molecule has 0 amide bonds. The Kier molecular flexibility index (Phi) is 7.04. The van der Waals surface area contributed by atoms with E-state index in [1.54, 1.807) is 12.1 Å². The van der Waals surface area contributed by atoms with E-state index in [0.29, 0.717) is 18.1 Å². The van der Waals surface area contributed by atoms with Crippen molar-refractivity contribution in [1.82, 2.24) is 14.7 Å². The number of piperidine rings is 1. The van der Waals surface area contributed by atoms with E-state index < -0.39 is 0 Å². The van der Waals surface area contributed by atoms with Crippen LogP contribution < -0.4 is 0 Å². The van der Waals surface area contributed by atoms with Crippen molar-refractivity contribution in [2.24, 2.45) is 0 Å². The third-order valence-corrected chi connectivity index (χ3v) is 6.07. The maximum absolute atomic E-state index is 13.4. The fourth-order valence-electron chi connectivity index (χ4n) is 4.59. The second-order valence-corrected chi connectivity index (χ2v) is 8.13. The molecule has 1 aromatic rings. The van der Waals surface area contributed by atoms with Crippen LogP contribution in [0.25, 0.3) is 0 Å². The molecule has 0 aliphatic carbocycles. The number of halogens is 1. The van der Waals surface area contributed by atoms with Gasteiger partial charge in [-0.2, -0.15) is 0 Å². The lowest BCUT2D eigenvalue weighted by molar-refractivity contribution is -0.0000453. The first-order valence-corrected chi connectivity index (χ1v) is 10.1. The average Bonchev–Trinajstić information content (AvgIpc) is 2.62. The zero-order chi connectivity index (χ0) is 18.5. The van der Waals surface area contributed by atoms with Gasteiger partial charge in [0.15, 0.2) is 0 Å². The quantitative estimate of drug-likeness (QED) is 0.841. The van der Waals surface area contributed by atoms with Crippen LogP contribution in [0.15, 0.2) is 24.3 Å². The van der Waals surface area contributed by atoms with Crippen LogP contribution in [-0.4, -0.2) is 77.3 Å². The standard InChI is InChI=1S/C21H34FN3O/c1-17(2)24-9-6-20(7-10-24)25-12-11-23(16-21(25)8-13-26)15-18-4-3-5-19(22)14-18/h3-5,14,17,20-21,26H,6-13,15-16H2,1-2H3/t21-/m1/s1. The molecule has 26 heavy (non-hydrogen) atoms. The molecule has 2 saturated heterocycles. The van der Waals surface area contributed by atoms with Crippen LogP contribution in [0.5, 0.6) is 0 Å². The van der Waals surface area contributed by atoms with Gasteiger partial charge in [0.25, 0.3) is 0 Å². The Bertz CT molecular complexity index is 560. The van der Waals surface area contributed by atoms with Gasteiger partial charge in [-0.3, -0.25) is 9.80 Å². The number of hydrogen-bond donors (Lipinski definition) is 1. The summed E-state index contributed by atoms with van der Waals surface area (Å²) < 4.78 is 13.4. The van der Waals surface area contributed by atoms with Gasteiger partial charge in [-0.1, -0.05) is 12.1 Å². The first kappa shape index (κ1) is 19.7. The first-order chi connectivity index (χ1) is 12.6. The fourth-order valence-corrected chi connectivity index (χ4v) is 4.59. The summed E-state index contributed by atoms with van der Waals surface area (Å²) in [6, 6.07) is 8.59. The van der Waals surface area contributed by atoms with Crippen molar-refractivity contribution >= 4 is 0 Å². The maximum atomic E-state index is 13.4. The minimum Gasteiger partial charge on any atom is -0.396 e. The number of hydrogen-bond acceptors (Lipinski definition) is 4. The molecular weight excluding hydrogens is 329 g/mol. The Hall–Kier alpha value is -1.01. The number of nitrogens with zero attached hydrogens (tertiary/aromatic N) is 3. The van der Waals surface area contributed by atoms with Crippen molar-refractivity contribution in [3.05, 3.63) is 35.6 Å².